The molecule has 0 unspecified atom stereocenters. The molecule has 5 heteroatoms. The van der Waals surface area contributed by atoms with E-state index in [1.54, 1.807) is 24.3 Å². The van der Waals surface area contributed by atoms with Crippen molar-refractivity contribution in [3.63, 3.8) is 0 Å². The van der Waals surface area contributed by atoms with Gasteiger partial charge < -0.3 is 15.8 Å². The van der Waals surface area contributed by atoms with Crippen molar-refractivity contribution in [3.05, 3.63) is 71.8 Å². The van der Waals surface area contributed by atoms with Gasteiger partial charge in [-0.25, -0.2) is 4.79 Å². The van der Waals surface area contributed by atoms with Crippen LogP contribution in [0, 0.1) is 0 Å². The fourth-order valence-corrected chi connectivity index (χ4v) is 1.85. The molecule has 0 radical (unpaired) electrons. The molecule has 5 nitrogen and oxygen atoms in total. The third-order valence-electron chi connectivity index (χ3n) is 2.89. The van der Waals surface area contributed by atoms with Gasteiger partial charge in [0.1, 0.15) is 12.6 Å². The second-order valence-corrected chi connectivity index (χ2v) is 4.45. The highest BCUT2D eigenvalue weighted by Crippen LogP contribution is 2.12. The van der Waals surface area contributed by atoms with Crippen LogP contribution in [0.1, 0.15) is 17.2 Å². The van der Waals surface area contributed by atoms with Crippen molar-refractivity contribution in [2.45, 2.75) is 12.6 Å². The summed E-state index contributed by atoms with van der Waals surface area (Å²) >= 11 is 0. The second kappa shape index (κ2) is 7.09. The Balaban J connectivity index is 1.95. The van der Waals surface area contributed by atoms with E-state index in [1.807, 2.05) is 36.4 Å². The number of carbonyl (C=O) groups is 2. The third kappa shape index (κ3) is 4.35. The number of ether oxygens (including phenoxy) is 1. The van der Waals surface area contributed by atoms with Gasteiger partial charge >= 0.3 is 6.09 Å². The summed E-state index contributed by atoms with van der Waals surface area (Å²) in [6.45, 7) is 0.132. The number of carbonyl (C=O) groups excluding carboxylic acids is 2. The van der Waals surface area contributed by atoms with Crippen molar-refractivity contribution in [2.75, 3.05) is 0 Å². The Morgan fingerprint density at radius 2 is 1.57 bits per heavy atom. The van der Waals surface area contributed by atoms with Crippen molar-refractivity contribution >= 4 is 12.0 Å². The topological polar surface area (TPSA) is 81.4 Å². The Bertz CT molecular complexity index is 599. The van der Waals surface area contributed by atoms with Crippen molar-refractivity contribution in [3.8, 4) is 0 Å². The highest BCUT2D eigenvalue weighted by Gasteiger charge is 2.20. The number of benzene rings is 2. The number of amides is 2. The smallest absolute Gasteiger partial charge is 0.408 e. The minimum absolute atomic E-state index is 0.132. The summed E-state index contributed by atoms with van der Waals surface area (Å²) in [5, 5.41) is 2.47. The average molecular weight is 284 g/mol. The molecule has 0 saturated heterocycles. The summed E-state index contributed by atoms with van der Waals surface area (Å²) in [6.07, 6.45) is -0.688. The number of primary amides is 1. The average Bonchev–Trinajstić information content (AvgIpc) is 2.52. The van der Waals surface area contributed by atoms with E-state index < -0.39 is 18.0 Å². The Morgan fingerprint density at radius 3 is 2.14 bits per heavy atom. The molecule has 0 spiro atoms. The van der Waals surface area contributed by atoms with E-state index in [0.29, 0.717) is 5.56 Å². The van der Waals surface area contributed by atoms with Crippen LogP contribution in [0.4, 0.5) is 4.79 Å². The lowest BCUT2D eigenvalue weighted by Crippen LogP contribution is -2.37. The van der Waals surface area contributed by atoms with Gasteiger partial charge in [-0.2, -0.15) is 0 Å². The van der Waals surface area contributed by atoms with Gasteiger partial charge in [-0.1, -0.05) is 60.7 Å². The van der Waals surface area contributed by atoms with Crippen LogP contribution in [0.25, 0.3) is 0 Å². The number of hydrogen-bond donors (Lipinski definition) is 2. The van der Waals surface area contributed by atoms with Gasteiger partial charge in [-0.05, 0) is 11.1 Å². The molecule has 0 aliphatic heterocycles. The van der Waals surface area contributed by atoms with Gasteiger partial charge in [0.15, 0.2) is 0 Å². The maximum absolute atomic E-state index is 11.8. The fourth-order valence-electron chi connectivity index (χ4n) is 1.85. The molecule has 1 atom stereocenters. The molecule has 0 saturated carbocycles. The minimum Gasteiger partial charge on any atom is -0.445 e. The largest absolute Gasteiger partial charge is 0.445 e. The number of alkyl carbamates (subject to hydrolysis) is 1. The molecule has 0 fully saturated rings. The van der Waals surface area contributed by atoms with Crippen LogP contribution in [0.5, 0.6) is 0 Å². The van der Waals surface area contributed by atoms with E-state index in [1.165, 1.54) is 0 Å². The summed E-state index contributed by atoms with van der Waals surface area (Å²) in [4.78, 5) is 23.2. The summed E-state index contributed by atoms with van der Waals surface area (Å²) < 4.78 is 5.07. The Labute approximate surface area is 122 Å². The molecule has 2 rings (SSSR count). The minimum atomic E-state index is -0.908. The van der Waals surface area contributed by atoms with Crippen LogP contribution < -0.4 is 11.1 Å². The summed E-state index contributed by atoms with van der Waals surface area (Å²) in [5.41, 5.74) is 6.79. The highest BCUT2D eigenvalue weighted by atomic mass is 16.5. The zero-order chi connectivity index (χ0) is 15.1. The number of hydrogen-bond acceptors (Lipinski definition) is 3. The molecular formula is C16H16N2O3. The lowest BCUT2D eigenvalue weighted by atomic mass is 10.1. The van der Waals surface area contributed by atoms with Crippen LogP contribution in [-0.2, 0) is 16.1 Å². The SMILES string of the molecule is NC(=O)[C@@H](NC(=O)OCc1ccccc1)c1ccccc1. The predicted octanol–water partition coefficient (Wildman–Crippen LogP) is 2.14. The first-order valence-electron chi connectivity index (χ1n) is 6.48. The molecule has 0 aromatic heterocycles. The van der Waals surface area contributed by atoms with E-state index in [4.69, 9.17) is 10.5 Å². The Morgan fingerprint density at radius 1 is 1.00 bits per heavy atom. The first-order chi connectivity index (χ1) is 10.2. The maximum atomic E-state index is 11.8. The number of nitrogens with one attached hydrogen (secondary N) is 1. The molecule has 108 valence electrons. The summed E-state index contributed by atoms with van der Waals surface area (Å²) in [6, 6.07) is 17.1. The predicted molar refractivity (Wildman–Crippen MR) is 78.1 cm³/mol. The second-order valence-electron chi connectivity index (χ2n) is 4.45. The van der Waals surface area contributed by atoms with Crippen LogP contribution in [0.3, 0.4) is 0 Å². The quantitative estimate of drug-likeness (QED) is 0.882. The van der Waals surface area contributed by atoms with Crippen molar-refractivity contribution in [2.24, 2.45) is 5.73 Å². The lowest BCUT2D eigenvalue weighted by Gasteiger charge is -2.15. The van der Waals surface area contributed by atoms with Crippen LogP contribution in [0.15, 0.2) is 60.7 Å². The van der Waals surface area contributed by atoms with Crippen LogP contribution in [-0.4, -0.2) is 12.0 Å². The molecule has 3 N–H and O–H groups in total. The molecule has 21 heavy (non-hydrogen) atoms. The van der Waals surface area contributed by atoms with Gasteiger partial charge in [0.2, 0.25) is 5.91 Å². The Kier molecular flexibility index (Phi) is 4.93. The molecule has 0 heterocycles. The first kappa shape index (κ1) is 14.6. The highest BCUT2D eigenvalue weighted by molar-refractivity contribution is 5.85. The van der Waals surface area contributed by atoms with Gasteiger partial charge in [0.05, 0.1) is 0 Å². The Hall–Kier alpha value is -2.82. The molecule has 0 aliphatic carbocycles. The lowest BCUT2D eigenvalue weighted by molar-refractivity contribution is -0.120. The summed E-state index contributed by atoms with van der Waals surface area (Å²) in [7, 11) is 0. The van der Waals surface area contributed by atoms with Gasteiger partial charge in [0.25, 0.3) is 0 Å². The van der Waals surface area contributed by atoms with Gasteiger partial charge in [0, 0.05) is 0 Å². The monoisotopic (exact) mass is 284 g/mol. The fraction of sp³-hybridized carbons (Fsp3) is 0.125. The first-order valence-corrected chi connectivity index (χ1v) is 6.48. The maximum Gasteiger partial charge on any atom is 0.408 e. The molecule has 2 aromatic rings. The van der Waals surface area contributed by atoms with E-state index in [0.717, 1.165) is 5.56 Å². The summed E-state index contributed by atoms with van der Waals surface area (Å²) in [5.74, 6) is -0.641. The van der Waals surface area contributed by atoms with Gasteiger partial charge in [-0.15, -0.1) is 0 Å². The molecule has 0 aliphatic rings. The zero-order valence-corrected chi connectivity index (χ0v) is 11.4. The molecule has 2 aromatic carbocycles. The van der Waals surface area contributed by atoms with E-state index in [2.05, 4.69) is 5.32 Å². The molecule has 2 amide bonds. The number of rotatable bonds is 5. The van der Waals surface area contributed by atoms with E-state index in [9.17, 15) is 9.59 Å². The molecular weight excluding hydrogens is 268 g/mol. The third-order valence-corrected chi connectivity index (χ3v) is 2.89. The number of nitrogens with two attached hydrogens (primary N) is 1. The van der Waals surface area contributed by atoms with Crippen LogP contribution >= 0.6 is 0 Å². The van der Waals surface area contributed by atoms with Crippen molar-refractivity contribution < 1.29 is 14.3 Å². The van der Waals surface area contributed by atoms with Crippen LogP contribution in [0.2, 0.25) is 0 Å². The van der Waals surface area contributed by atoms with Crippen molar-refractivity contribution in [1.29, 1.82) is 0 Å². The molecule has 0 bridgehead atoms. The normalized spacial score (nSPS) is 11.4. The van der Waals surface area contributed by atoms with E-state index in [-0.39, 0.29) is 6.61 Å². The van der Waals surface area contributed by atoms with E-state index >= 15 is 0 Å². The van der Waals surface area contributed by atoms with Crippen molar-refractivity contribution in [1.82, 2.24) is 5.32 Å². The zero-order valence-electron chi connectivity index (χ0n) is 11.4. The standard InChI is InChI=1S/C16H16N2O3/c17-15(19)14(13-9-5-2-6-10-13)18-16(20)21-11-12-7-3-1-4-8-12/h1-10,14H,11H2,(H2,17,19)(H,18,20)/t14-/m0/s1. The van der Waals surface area contributed by atoms with Gasteiger partial charge in [-0.3, -0.25) is 4.79 Å².